The minimum absolute atomic E-state index is 0.288. The molecule has 0 spiro atoms. The third-order valence-electron chi connectivity index (χ3n) is 2.18. The van der Waals surface area contributed by atoms with E-state index in [9.17, 15) is 8.42 Å². The normalized spacial score (nSPS) is 13.6. The summed E-state index contributed by atoms with van der Waals surface area (Å²) in [7, 11) is -3.47. The van der Waals surface area contributed by atoms with Crippen molar-refractivity contribution in [2.45, 2.75) is 32.4 Å². The highest BCUT2D eigenvalue weighted by atomic mass is 32.2. The zero-order chi connectivity index (χ0) is 12.9. The molecule has 0 aromatic carbocycles. The number of sulfonamides is 1. The molecule has 1 unspecified atom stereocenters. The topological polar surface area (TPSA) is 81.2 Å². The highest BCUT2D eigenvalue weighted by Crippen LogP contribution is 2.06. The van der Waals surface area contributed by atoms with E-state index < -0.39 is 15.3 Å². The Bertz CT molecular complexity index is 444. The van der Waals surface area contributed by atoms with Crippen molar-refractivity contribution in [2.24, 2.45) is 0 Å². The van der Waals surface area contributed by atoms with Crippen molar-refractivity contribution in [3.05, 3.63) is 23.8 Å². The Balaban J connectivity index is 2.65. The van der Waals surface area contributed by atoms with E-state index in [1.807, 2.05) is 6.92 Å². The molecule has 17 heavy (non-hydrogen) atoms. The first-order valence-electron chi connectivity index (χ1n) is 5.35. The lowest BCUT2D eigenvalue weighted by Crippen LogP contribution is -2.34. The lowest BCUT2D eigenvalue weighted by atomic mass is 10.2. The quantitative estimate of drug-likeness (QED) is 0.756. The van der Waals surface area contributed by atoms with Crippen LogP contribution in [0, 0.1) is 6.92 Å². The fourth-order valence-corrected chi connectivity index (χ4v) is 1.99. The Morgan fingerprint density at radius 1 is 1.41 bits per heavy atom. The van der Waals surface area contributed by atoms with E-state index in [0.717, 1.165) is 5.69 Å². The number of nitrogens with one attached hydrogen (secondary N) is 1. The number of aryl methyl sites for hydroxylation is 1. The lowest BCUT2D eigenvalue weighted by molar-refractivity contribution is 0.105. The molecule has 0 aliphatic carbocycles. The molecule has 1 aromatic heterocycles. The van der Waals surface area contributed by atoms with Gasteiger partial charge in [0.1, 0.15) is 0 Å². The van der Waals surface area contributed by atoms with Crippen molar-refractivity contribution < 1.29 is 13.3 Å². The van der Waals surface area contributed by atoms with Gasteiger partial charge in [0.25, 0.3) is 0 Å². The zero-order valence-electron chi connectivity index (χ0n) is 10.2. The standard InChI is InChI=1S/C10H17N3O3S/c1-4-16-13-17(14,15)9(3)5-10-7-11-8(2)6-12-10/h6-7,9,13H,4-5H2,1-3H3. The number of rotatable bonds is 6. The lowest BCUT2D eigenvalue weighted by Gasteiger charge is -2.12. The molecule has 1 heterocycles. The van der Waals surface area contributed by atoms with E-state index in [4.69, 9.17) is 4.84 Å². The molecule has 1 N–H and O–H groups in total. The first-order valence-corrected chi connectivity index (χ1v) is 6.90. The van der Waals surface area contributed by atoms with Crippen LogP contribution < -0.4 is 4.89 Å². The molecule has 96 valence electrons. The van der Waals surface area contributed by atoms with Crippen molar-refractivity contribution in [1.82, 2.24) is 14.9 Å². The summed E-state index contributed by atoms with van der Waals surface area (Å²) in [4.78, 5) is 15.0. The van der Waals surface area contributed by atoms with E-state index in [2.05, 4.69) is 14.9 Å². The third kappa shape index (κ3) is 4.37. The average molecular weight is 259 g/mol. The van der Waals surface area contributed by atoms with E-state index in [0.29, 0.717) is 12.1 Å². The minimum Gasteiger partial charge on any atom is -0.287 e. The summed E-state index contributed by atoms with van der Waals surface area (Å²) in [5, 5.41) is -0.619. The smallest absolute Gasteiger partial charge is 0.236 e. The van der Waals surface area contributed by atoms with Crippen LogP contribution in [-0.2, 0) is 21.3 Å². The van der Waals surface area contributed by atoms with E-state index in [1.54, 1.807) is 26.2 Å². The predicted molar refractivity (Wildman–Crippen MR) is 63.6 cm³/mol. The van der Waals surface area contributed by atoms with Crippen LogP contribution in [0.2, 0.25) is 0 Å². The van der Waals surface area contributed by atoms with E-state index >= 15 is 0 Å². The summed E-state index contributed by atoms with van der Waals surface area (Å²) in [6, 6.07) is 0. The molecule has 6 nitrogen and oxygen atoms in total. The Labute approximate surface area is 101 Å². The van der Waals surface area contributed by atoms with Crippen LogP contribution in [0.5, 0.6) is 0 Å². The molecule has 1 aromatic rings. The summed E-state index contributed by atoms with van der Waals surface area (Å²) in [6.07, 6.45) is 3.50. The summed E-state index contributed by atoms with van der Waals surface area (Å²) in [6.45, 7) is 5.42. The molecule has 0 fully saturated rings. The van der Waals surface area contributed by atoms with Gasteiger partial charge >= 0.3 is 0 Å². The van der Waals surface area contributed by atoms with Crippen LogP contribution in [0.4, 0.5) is 0 Å². The van der Waals surface area contributed by atoms with Gasteiger partial charge in [-0.15, -0.1) is 0 Å². The average Bonchev–Trinajstić information content (AvgIpc) is 2.29. The molecule has 0 saturated carbocycles. The Hall–Kier alpha value is -1.05. The zero-order valence-corrected chi connectivity index (χ0v) is 11.0. The maximum Gasteiger partial charge on any atom is 0.236 e. The minimum atomic E-state index is -3.47. The molecule has 0 aliphatic heterocycles. The molecular formula is C10H17N3O3S. The largest absolute Gasteiger partial charge is 0.287 e. The predicted octanol–water partition coefficient (Wildman–Crippen LogP) is 0.587. The van der Waals surface area contributed by atoms with Crippen molar-refractivity contribution in [3.63, 3.8) is 0 Å². The monoisotopic (exact) mass is 259 g/mol. The number of nitrogens with zero attached hydrogens (tertiary/aromatic N) is 2. The van der Waals surface area contributed by atoms with E-state index in [-0.39, 0.29) is 6.61 Å². The molecule has 0 bridgehead atoms. The SMILES string of the molecule is CCONS(=O)(=O)C(C)Cc1cnc(C)cn1. The first kappa shape index (κ1) is 14.0. The van der Waals surface area contributed by atoms with Gasteiger partial charge in [0.2, 0.25) is 10.0 Å². The molecule has 0 radical (unpaired) electrons. The van der Waals surface area contributed by atoms with Gasteiger partial charge in [-0.2, -0.15) is 0 Å². The molecule has 1 atom stereocenters. The summed E-state index contributed by atoms with van der Waals surface area (Å²) < 4.78 is 23.4. The van der Waals surface area contributed by atoms with Gasteiger partial charge < -0.3 is 0 Å². The Morgan fingerprint density at radius 2 is 2.12 bits per heavy atom. The van der Waals surface area contributed by atoms with Gasteiger partial charge in [-0.3, -0.25) is 14.8 Å². The molecule has 0 amide bonds. The summed E-state index contributed by atoms with van der Waals surface area (Å²) in [5.74, 6) is 0. The van der Waals surface area contributed by atoms with Gasteiger partial charge in [0.05, 0.1) is 23.2 Å². The van der Waals surface area contributed by atoms with E-state index in [1.165, 1.54) is 0 Å². The van der Waals surface area contributed by atoms with Crippen LogP contribution in [0.25, 0.3) is 0 Å². The number of hydrogen-bond acceptors (Lipinski definition) is 5. The summed E-state index contributed by atoms with van der Waals surface area (Å²) in [5.41, 5.74) is 1.45. The highest BCUT2D eigenvalue weighted by Gasteiger charge is 2.21. The molecule has 1 rings (SSSR count). The Kier molecular flexibility index (Phi) is 4.98. The number of aromatic nitrogens is 2. The highest BCUT2D eigenvalue weighted by molar-refractivity contribution is 7.89. The van der Waals surface area contributed by atoms with Crippen LogP contribution in [0.1, 0.15) is 25.2 Å². The second-order valence-electron chi connectivity index (χ2n) is 3.73. The first-order chi connectivity index (χ1) is 7.95. The van der Waals surface area contributed by atoms with Crippen molar-refractivity contribution >= 4 is 10.0 Å². The molecule has 0 saturated heterocycles. The van der Waals surface area contributed by atoms with Crippen LogP contribution in [0.3, 0.4) is 0 Å². The van der Waals surface area contributed by atoms with Gasteiger partial charge in [0, 0.05) is 18.8 Å². The summed E-state index contributed by atoms with van der Waals surface area (Å²) >= 11 is 0. The van der Waals surface area contributed by atoms with Crippen LogP contribution in [0.15, 0.2) is 12.4 Å². The van der Waals surface area contributed by atoms with Crippen LogP contribution in [-0.4, -0.2) is 30.2 Å². The fourth-order valence-electron chi connectivity index (χ4n) is 1.15. The molecular weight excluding hydrogens is 242 g/mol. The third-order valence-corrected chi connectivity index (χ3v) is 3.76. The van der Waals surface area contributed by atoms with Crippen molar-refractivity contribution in [2.75, 3.05) is 6.61 Å². The second kappa shape index (κ2) is 6.04. The maximum absolute atomic E-state index is 11.7. The number of hydrogen-bond donors (Lipinski definition) is 1. The fraction of sp³-hybridized carbons (Fsp3) is 0.600. The van der Waals surface area contributed by atoms with Crippen molar-refractivity contribution in [3.8, 4) is 0 Å². The Morgan fingerprint density at radius 3 is 2.65 bits per heavy atom. The molecule has 0 aliphatic rings. The maximum atomic E-state index is 11.7. The van der Waals surface area contributed by atoms with Gasteiger partial charge in [-0.05, 0) is 20.8 Å². The molecule has 7 heteroatoms. The second-order valence-corrected chi connectivity index (χ2v) is 5.79. The van der Waals surface area contributed by atoms with Gasteiger partial charge in [-0.25, -0.2) is 8.42 Å². The van der Waals surface area contributed by atoms with Crippen molar-refractivity contribution in [1.29, 1.82) is 0 Å². The van der Waals surface area contributed by atoms with Gasteiger partial charge in [0.15, 0.2) is 0 Å². The van der Waals surface area contributed by atoms with Crippen LogP contribution >= 0.6 is 0 Å². The van der Waals surface area contributed by atoms with Gasteiger partial charge in [-0.1, -0.05) is 4.89 Å².